The Morgan fingerprint density at radius 3 is 2.74 bits per heavy atom. The van der Waals surface area contributed by atoms with Crippen molar-refractivity contribution in [2.75, 3.05) is 7.11 Å². The summed E-state index contributed by atoms with van der Waals surface area (Å²) in [6, 6.07) is 7.92. The molecule has 0 radical (unpaired) electrons. The van der Waals surface area contributed by atoms with E-state index in [1.54, 1.807) is 0 Å². The van der Waals surface area contributed by atoms with E-state index in [1.807, 2.05) is 30.3 Å². The van der Waals surface area contributed by atoms with E-state index in [9.17, 15) is 4.79 Å². The van der Waals surface area contributed by atoms with Crippen LogP contribution in [-0.2, 0) is 16.0 Å². The van der Waals surface area contributed by atoms with Gasteiger partial charge in [-0.2, -0.15) is 0 Å². The Balaban J connectivity index is 2.14. The summed E-state index contributed by atoms with van der Waals surface area (Å²) >= 11 is 0. The van der Waals surface area contributed by atoms with Gasteiger partial charge in [-0.15, -0.1) is 6.58 Å². The van der Waals surface area contributed by atoms with E-state index in [-0.39, 0.29) is 11.6 Å². The molecule has 1 aliphatic rings. The Labute approximate surface area is 114 Å². The Hall–Kier alpha value is -1.77. The van der Waals surface area contributed by atoms with Crippen molar-refractivity contribution in [3.05, 3.63) is 42.5 Å². The molecular weight excluding hydrogens is 240 g/mol. The molecule has 0 amide bonds. The minimum Gasteiger partial charge on any atom is -0.486 e. The van der Waals surface area contributed by atoms with E-state index in [0.29, 0.717) is 6.42 Å². The van der Waals surface area contributed by atoms with Crippen LogP contribution < -0.4 is 4.74 Å². The van der Waals surface area contributed by atoms with E-state index < -0.39 is 0 Å². The fourth-order valence-electron chi connectivity index (χ4n) is 2.38. The molecule has 0 aromatic heterocycles. The monoisotopic (exact) mass is 260 g/mol. The number of allylic oxidation sites excluding steroid dienone is 1. The lowest BCUT2D eigenvalue weighted by atomic mass is 9.77. The molecule has 0 atom stereocenters. The van der Waals surface area contributed by atoms with Crippen LogP contribution in [0.3, 0.4) is 0 Å². The molecule has 3 nitrogen and oxygen atoms in total. The second-order valence-electron chi connectivity index (χ2n) is 4.99. The average Bonchev–Trinajstić information content (AvgIpc) is 2.38. The molecule has 1 saturated carbocycles. The van der Waals surface area contributed by atoms with Crippen molar-refractivity contribution in [3.63, 3.8) is 0 Å². The molecule has 0 bridgehead atoms. The molecule has 0 N–H and O–H groups in total. The molecule has 0 heterocycles. The summed E-state index contributed by atoms with van der Waals surface area (Å²) in [4.78, 5) is 11.5. The van der Waals surface area contributed by atoms with E-state index in [0.717, 1.165) is 37.0 Å². The molecule has 0 saturated heterocycles. The third-order valence-corrected chi connectivity index (χ3v) is 3.62. The molecule has 1 aromatic carbocycles. The molecule has 0 spiro atoms. The molecular formula is C16H20O3. The first kappa shape index (κ1) is 13.7. The normalized spacial score (nSPS) is 16.3. The highest BCUT2D eigenvalue weighted by Crippen LogP contribution is 2.40. The highest BCUT2D eigenvalue weighted by Gasteiger charge is 2.42. The van der Waals surface area contributed by atoms with Crippen LogP contribution in [0, 0.1) is 0 Å². The fraction of sp³-hybridized carbons (Fsp3) is 0.438. The lowest BCUT2D eigenvalue weighted by Crippen LogP contribution is -2.45. The van der Waals surface area contributed by atoms with Gasteiger partial charge in [0.2, 0.25) is 0 Å². The maximum absolute atomic E-state index is 11.5. The van der Waals surface area contributed by atoms with Gasteiger partial charge in [0.1, 0.15) is 11.4 Å². The largest absolute Gasteiger partial charge is 0.486 e. The SMILES string of the molecule is C=CCc1ccccc1OC1(CC(=O)OC)CCC1. The zero-order chi connectivity index (χ0) is 13.7. The summed E-state index contributed by atoms with van der Waals surface area (Å²) in [7, 11) is 1.42. The van der Waals surface area contributed by atoms with Crippen molar-refractivity contribution in [1.29, 1.82) is 0 Å². The van der Waals surface area contributed by atoms with E-state index in [2.05, 4.69) is 6.58 Å². The summed E-state index contributed by atoms with van der Waals surface area (Å²) in [6.45, 7) is 3.76. The number of hydrogen-bond acceptors (Lipinski definition) is 3. The molecule has 0 aliphatic heterocycles. The van der Waals surface area contributed by atoms with Crippen LogP contribution in [0.25, 0.3) is 0 Å². The van der Waals surface area contributed by atoms with Crippen LogP contribution >= 0.6 is 0 Å². The minimum absolute atomic E-state index is 0.207. The van der Waals surface area contributed by atoms with Crippen LogP contribution in [0.4, 0.5) is 0 Å². The Bertz CT molecular complexity index is 461. The van der Waals surface area contributed by atoms with Crippen LogP contribution in [0.5, 0.6) is 5.75 Å². The van der Waals surface area contributed by atoms with Crippen LogP contribution in [0.1, 0.15) is 31.2 Å². The first-order valence-electron chi connectivity index (χ1n) is 6.64. The fourth-order valence-corrected chi connectivity index (χ4v) is 2.38. The van der Waals surface area contributed by atoms with Crippen LogP contribution in [0.2, 0.25) is 0 Å². The first-order valence-corrected chi connectivity index (χ1v) is 6.64. The van der Waals surface area contributed by atoms with Gasteiger partial charge >= 0.3 is 5.97 Å². The van der Waals surface area contributed by atoms with Gasteiger partial charge in [-0.05, 0) is 37.3 Å². The molecule has 102 valence electrons. The minimum atomic E-state index is -0.371. The van der Waals surface area contributed by atoms with Gasteiger partial charge in [-0.1, -0.05) is 24.3 Å². The smallest absolute Gasteiger partial charge is 0.309 e. The molecule has 1 aliphatic carbocycles. The first-order chi connectivity index (χ1) is 9.19. The molecule has 3 heteroatoms. The van der Waals surface area contributed by atoms with E-state index in [4.69, 9.17) is 9.47 Å². The van der Waals surface area contributed by atoms with Gasteiger partial charge in [0, 0.05) is 0 Å². The van der Waals surface area contributed by atoms with Crippen molar-refractivity contribution in [2.24, 2.45) is 0 Å². The molecule has 0 unspecified atom stereocenters. The number of ether oxygens (including phenoxy) is 2. The van der Waals surface area contributed by atoms with Crippen molar-refractivity contribution in [3.8, 4) is 5.75 Å². The van der Waals surface area contributed by atoms with Crippen molar-refractivity contribution in [2.45, 2.75) is 37.7 Å². The standard InChI is InChI=1S/C16H20O3/c1-3-7-13-8-4-5-9-14(13)19-16(10-6-11-16)12-15(17)18-2/h3-5,8-9H,1,6-7,10-12H2,2H3. The summed E-state index contributed by atoms with van der Waals surface area (Å²) in [5.41, 5.74) is 0.735. The van der Waals surface area contributed by atoms with Gasteiger partial charge in [-0.25, -0.2) is 0 Å². The van der Waals surface area contributed by atoms with Gasteiger partial charge < -0.3 is 9.47 Å². The zero-order valence-corrected chi connectivity index (χ0v) is 11.4. The van der Waals surface area contributed by atoms with E-state index >= 15 is 0 Å². The van der Waals surface area contributed by atoms with Gasteiger partial charge in [-0.3, -0.25) is 4.79 Å². The van der Waals surface area contributed by atoms with E-state index in [1.165, 1.54) is 7.11 Å². The van der Waals surface area contributed by atoms with Crippen molar-refractivity contribution >= 4 is 5.97 Å². The highest BCUT2D eigenvalue weighted by molar-refractivity contribution is 5.70. The van der Waals surface area contributed by atoms with Crippen LogP contribution in [-0.4, -0.2) is 18.7 Å². The predicted molar refractivity (Wildman–Crippen MR) is 74.2 cm³/mol. The quantitative estimate of drug-likeness (QED) is 0.581. The number of methoxy groups -OCH3 is 1. The lowest BCUT2D eigenvalue weighted by molar-refractivity contribution is -0.148. The Kier molecular flexibility index (Phi) is 4.25. The number of carbonyl (C=O) groups is 1. The second kappa shape index (κ2) is 5.91. The number of para-hydroxylation sites is 1. The number of benzene rings is 1. The van der Waals surface area contributed by atoms with Gasteiger partial charge in [0.05, 0.1) is 13.5 Å². The number of esters is 1. The number of carbonyl (C=O) groups excluding carboxylic acids is 1. The zero-order valence-electron chi connectivity index (χ0n) is 11.4. The molecule has 2 rings (SSSR count). The third-order valence-electron chi connectivity index (χ3n) is 3.62. The number of rotatable bonds is 6. The molecule has 1 aromatic rings. The summed E-state index contributed by atoms with van der Waals surface area (Å²) in [6.07, 6.45) is 5.86. The second-order valence-corrected chi connectivity index (χ2v) is 4.99. The van der Waals surface area contributed by atoms with Gasteiger partial charge in [0.25, 0.3) is 0 Å². The third kappa shape index (κ3) is 3.16. The maximum Gasteiger partial charge on any atom is 0.309 e. The lowest BCUT2D eigenvalue weighted by Gasteiger charge is -2.41. The maximum atomic E-state index is 11.5. The highest BCUT2D eigenvalue weighted by atomic mass is 16.5. The Morgan fingerprint density at radius 1 is 1.42 bits per heavy atom. The van der Waals surface area contributed by atoms with Crippen LogP contribution in [0.15, 0.2) is 36.9 Å². The van der Waals surface area contributed by atoms with Crippen molar-refractivity contribution < 1.29 is 14.3 Å². The van der Waals surface area contributed by atoms with Crippen molar-refractivity contribution in [1.82, 2.24) is 0 Å². The van der Waals surface area contributed by atoms with Gasteiger partial charge in [0.15, 0.2) is 0 Å². The Morgan fingerprint density at radius 2 is 2.16 bits per heavy atom. The average molecular weight is 260 g/mol. The predicted octanol–water partition coefficient (Wildman–Crippen LogP) is 3.28. The number of hydrogen-bond donors (Lipinski definition) is 0. The summed E-state index contributed by atoms with van der Waals surface area (Å²) in [5.74, 6) is 0.645. The summed E-state index contributed by atoms with van der Waals surface area (Å²) in [5, 5.41) is 0. The summed E-state index contributed by atoms with van der Waals surface area (Å²) < 4.78 is 10.9. The molecule has 19 heavy (non-hydrogen) atoms. The molecule has 1 fully saturated rings. The topological polar surface area (TPSA) is 35.5 Å².